The molecular formula is C13H9BrFN3O2S. The summed E-state index contributed by atoms with van der Waals surface area (Å²) in [6.07, 6.45) is 0. The molecule has 0 bridgehead atoms. The molecule has 0 saturated carbocycles. The molecule has 0 aromatic heterocycles. The van der Waals surface area contributed by atoms with Crippen LogP contribution in [0.4, 0.5) is 21.5 Å². The molecule has 0 spiro atoms. The summed E-state index contributed by atoms with van der Waals surface area (Å²) >= 11 is 8.22. The van der Waals surface area contributed by atoms with Crippen LogP contribution >= 0.6 is 28.1 Å². The second-order valence-corrected chi connectivity index (χ2v) is 5.33. The van der Waals surface area contributed by atoms with Crippen LogP contribution in [-0.4, -0.2) is 10.0 Å². The smallest absolute Gasteiger partial charge is 0.269 e. The Labute approximate surface area is 133 Å². The van der Waals surface area contributed by atoms with Crippen molar-refractivity contribution in [2.75, 3.05) is 10.6 Å². The van der Waals surface area contributed by atoms with Crippen molar-refractivity contribution < 1.29 is 9.31 Å². The molecule has 2 N–H and O–H groups in total. The van der Waals surface area contributed by atoms with Gasteiger partial charge >= 0.3 is 0 Å². The molecule has 0 unspecified atom stereocenters. The van der Waals surface area contributed by atoms with Crippen LogP contribution in [0, 0.1) is 15.9 Å². The van der Waals surface area contributed by atoms with E-state index >= 15 is 0 Å². The van der Waals surface area contributed by atoms with E-state index in [4.69, 9.17) is 12.2 Å². The van der Waals surface area contributed by atoms with Gasteiger partial charge in [-0.15, -0.1) is 0 Å². The fourth-order valence-corrected chi connectivity index (χ4v) is 2.10. The van der Waals surface area contributed by atoms with E-state index in [0.717, 1.165) is 0 Å². The molecule has 2 aromatic carbocycles. The van der Waals surface area contributed by atoms with Gasteiger partial charge in [0.1, 0.15) is 5.82 Å². The molecule has 0 saturated heterocycles. The van der Waals surface area contributed by atoms with Gasteiger partial charge in [-0.2, -0.15) is 0 Å². The summed E-state index contributed by atoms with van der Waals surface area (Å²) in [5.74, 6) is -0.447. The van der Waals surface area contributed by atoms with E-state index in [1.54, 1.807) is 12.1 Å². The first kappa shape index (κ1) is 15.3. The molecule has 0 amide bonds. The molecule has 0 aliphatic heterocycles. The first-order chi connectivity index (χ1) is 9.95. The standard InChI is InChI=1S/C13H9BrFN3O2S/c14-8-1-6-12(11(15)7-8)17-13(21)16-9-2-4-10(5-3-9)18(19)20/h1-7H,(H2,16,17,21). The van der Waals surface area contributed by atoms with Crippen molar-refractivity contribution in [1.29, 1.82) is 0 Å². The lowest BCUT2D eigenvalue weighted by atomic mass is 10.3. The Bertz CT molecular complexity index is 694. The third kappa shape index (κ3) is 4.20. The maximum atomic E-state index is 13.6. The van der Waals surface area contributed by atoms with E-state index in [2.05, 4.69) is 26.6 Å². The minimum atomic E-state index is -0.489. The Morgan fingerprint density at radius 2 is 1.86 bits per heavy atom. The van der Waals surface area contributed by atoms with Gasteiger partial charge in [0.25, 0.3) is 5.69 Å². The lowest BCUT2D eigenvalue weighted by Gasteiger charge is -2.11. The zero-order valence-electron chi connectivity index (χ0n) is 10.5. The average molecular weight is 370 g/mol. The minimum absolute atomic E-state index is 0.0154. The molecule has 8 heteroatoms. The number of nitro benzene ring substituents is 1. The minimum Gasteiger partial charge on any atom is -0.332 e. The van der Waals surface area contributed by atoms with Crippen LogP contribution in [0.5, 0.6) is 0 Å². The molecule has 0 atom stereocenters. The monoisotopic (exact) mass is 369 g/mol. The number of rotatable bonds is 3. The fourth-order valence-electron chi connectivity index (χ4n) is 1.54. The summed E-state index contributed by atoms with van der Waals surface area (Å²) in [6, 6.07) is 10.3. The third-order valence-corrected chi connectivity index (χ3v) is 3.21. The normalized spacial score (nSPS) is 10.0. The van der Waals surface area contributed by atoms with Crippen LogP contribution in [0.1, 0.15) is 0 Å². The van der Waals surface area contributed by atoms with Crippen molar-refractivity contribution in [3.63, 3.8) is 0 Å². The molecule has 0 aliphatic carbocycles. The highest BCUT2D eigenvalue weighted by molar-refractivity contribution is 9.10. The van der Waals surface area contributed by atoms with Crippen LogP contribution in [0.25, 0.3) is 0 Å². The van der Waals surface area contributed by atoms with Gasteiger partial charge in [-0.1, -0.05) is 15.9 Å². The van der Waals surface area contributed by atoms with Crippen molar-refractivity contribution in [3.05, 3.63) is 62.9 Å². The Hall–Kier alpha value is -2.06. The van der Waals surface area contributed by atoms with Gasteiger partial charge in [0.15, 0.2) is 5.11 Å². The van der Waals surface area contributed by atoms with Gasteiger partial charge in [0.2, 0.25) is 0 Å². The second kappa shape index (κ2) is 6.59. The summed E-state index contributed by atoms with van der Waals surface area (Å²) in [5, 5.41) is 16.3. The number of anilines is 2. The van der Waals surface area contributed by atoms with Gasteiger partial charge < -0.3 is 10.6 Å². The van der Waals surface area contributed by atoms with Crippen LogP contribution in [0.3, 0.4) is 0 Å². The summed E-state index contributed by atoms with van der Waals surface area (Å²) in [4.78, 5) is 10.1. The van der Waals surface area contributed by atoms with Crippen LogP contribution in [0.2, 0.25) is 0 Å². The Morgan fingerprint density at radius 3 is 2.43 bits per heavy atom. The van der Waals surface area contributed by atoms with E-state index in [-0.39, 0.29) is 16.5 Å². The molecule has 21 heavy (non-hydrogen) atoms. The third-order valence-electron chi connectivity index (χ3n) is 2.52. The zero-order chi connectivity index (χ0) is 15.4. The fraction of sp³-hybridized carbons (Fsp3) is 0. The quantitative estimate of drug-likeness (QED) is 0.479. The van der Waals surface area contributed by atoms with Crippen molar-refractivity contribution in [3.8, 4) is 0 Å². The number of hydrogen-bond acceptors (Lipinski definition) is 3. The average Bonchev–Trinajstić information content (AvgIpc) is 2.42. The lowest BCUT2D eigenvalue weighted by Crippen LogP contribution is -2.19. The van der Waals surface area contributed by atoms with Gasteiger partial charge in [-0.05, 0) is 42.5 Å². The lowest BCUT2D eigenvalue weighted by molar-refractivity contribution is -0.384. The number of benzene rings is 2. The summed E-state index contributed by atoms with van der Waals surface area (Å²) in [6.45, 7) is 0. The molecular weight excluding hydrogens is 361 g/mol. The van der Waals surface area contributed by atoms with Gasteiger partial charge in [-0.25, -0.2) is 4.39 Å². The van der Waals surface area contributed by atoms with Crippen molar-refractivity contribution in [2.24, 2.45) is 0 Å². The largest absolute Gasteiger partial charge is 0.332 e. The molecule has 2 rings (SSSR count). The molecule has 0 radical (unpaired) electrons. The first-order valence-electron chi connectivity index (χ1n) is 5.73. The number of halogens is 2. The van der Waals surface area contributed by atoms with Crippen molar-refractivity contribution >= 4 is 50.3 Å². The molecule has 0 fully saturated rings. The molecule has 0 heterocycles. The topological polar surface area (TPSA) is 67.2 Å². The highest BCUT2D eigenvalue weighted by atomic mass is 79.9. The van der Waals surface area contributed by atoms with Gasteiger partial charge in [-0.3, -0.25) is 10.1 Å². The predicted molar refractivity (Wildman–Crippen MR) is 87.0 cm³/mol. The molecule has 5 nitrogen and oxygen atoms in total. The number of thiocarbonyl (C=S) groups is 1. The highest BCUT2D eigenvalue weighted by Crippen LogP contribution is 2.20. The number of nitrogens with zero attached hydrogens (tertiary/aromatic N) is 1. The van der Waals surface area contributed by atoms with Crippen LogP contribution < -0.4 is 10.6 Å². The Morgan fingerprint density at radius 1 is 1.19 bits per heavy atom. The van der Waals surface area contributed by atoms with E-state index in [0.29, 0.717) is 10.2 Å². The summed E-state index contributed by atoms with van der Waals surface area (Å²) in [7, 11) is 0. The SMILES string of the molecule is O=[N+]([O-])c1ccc(NC(=S)Nc2ccc(Br)cc2F)cc1. The first-order valence-corrected chi connectivity index (χ1v) is 6.93. The van der Waals surface area contributed by atoms with E-state index in [1.807, 2.05) is 0 Å². The Kier molecular flexibility index (Phi) is 4.81. The van der Waals surface area contributed by atoms with E-state index in [1.165, 1.54) is 30.3 Å². The van der Waals surface area contributed by atoms with E-state index in [9.17, 15) is 14.5 Å². The van der Waals surface area contributed by atoms with Crippen molar-refractivity contribution in [1.82, 2.24) is 0 Å². The number of nitro groups is 1. The molecule has 0 aliphatic rings. The van der Waals surface area contributed by atoms with Gasteiger partial charge in [0.05, 0.1) is 10.6 Å². The number of non-ortho nitro benzene ring substituents is 1. The van der Waals surface area contributed by atoms with Crippen LogP contribution in [0.15, 0.2) is 46.9 Å². The van der Waals surface area contributed by atoms with E-state index < -0.39 is 10.7 Å². The maximum Gasteiger partial charge on any atom is 0.269 e. The van der Waals surface area contributed by atoms with Gasteiger partial charge in [0, 0.05) is 22.3 Å². The molecule has 2 aromatic rings. The number of nitrogens with one attached hydrogen (secondary N) is 2. The summed E-state index contributed by atoms with van der Waals surface area (Å²) in [5.41, 5.74) is 0.784. The van der Waals surface area contributed by atoms with Crippen molar-refractivity contribution in [2.45, 2.75) is 0 Å². The zero-order valence-corrected chi connectivity index (χ0v) is 12.9. The summed E-state index contributed by atoms with van der Waals surface area (Å²) < 4.78 is 14.3. The number of hydrogen-bond donors (Lipinski definition) is 2. The Balaban J connectivity index is 2.02. The highest BCUT2D eigenvalue weighted by Gasteiger charge is 2.07. The molecule has 108 valence electrons. The second-order valence-electron chi connectivity index (χ2n) is 4.01. The maximum absolute atomic E-state index is 13.6. The van der Waals surface area contributed by atoms with Crippen LogP contribution in [-0.2, 0) is 0 Å². The predicted octanol–water partition coefficient (Wildman–Crippen LogP) is 4.31.